The molecule has 0 fully saturated rings. The topological polar surface area (TPSA) is 58.6 Å². The maximum Gasteiger partial charge on any atom is 0.260 e. The van der Waals surface area contributed by atoms with Crippen molar-refractivity contribution in [2.24, 2.45) is 0 Å². The summed E-state index contributed by atoms with van der Waals surface area (Å²) in [7, 11) is 1.53. The number of amides is 2. The lowest BCUT2D eigenvalue weighted by Gasteiger charge is -2.18. The van der Waals surface area contributed by atoms with Gasteiger partial charge in [0, 0.05) is 7.05 Å². The molecule has 0 spiro atoms. The van der Waals surface area contributed by atoms with Crippen molar-refractivity contribution >= 4 is 40.7 Å². The zero-order valence-corrected chi connectivity index (χ0v) is 16.3. The highest BCUT2D eigenvalue weighted by molar-refractivity contribution is 6.39. The first-order chi connectivity index (χ1) is 12.3. The summed E-state index contributed by atoms with van der Waals surface area (Å²) in [5.41, 5.74) is 2.40. The van der Waals surface area contributed by atoms with E-state index in [0.29, 0.717) is 21.5 Å². The summed E-state index contributed by atoms with van der Waals surface area (Å²) in [6.07, 6.45) is 0. The fourth-order valence-electron chi connectivity index (χ4n) is 2.31. The minimum absolute atomic E-state index is 0.142. The molecule has 26 heavy (non-hydrogen) atoms. The molecule has 7 heteroatoms. The minimum atomic E-state index is -0.401. The van der Waals surface area contributed by atoms with Crippen LogP contribution in [0, 0.1) is 13.8 Å². The zero-order chi connectivity index (χ0) is 19.3. The van der Waals surface area contributed by atoms with Crippen LogP contribution in [0.15, 0.2) is 36.4 Å². The van der Waals surface area contributed by atoms with Crippen LogP contribution in [0.5, 0.6) is 5.75 Å². The molecule has 2 rings (SSSR count). The van der Waals surface area contributed by atoms with Crippen molar-refractivity contribution < 1.29 is 14.3 Å². The third-order valence-corrected chi connectivity index (χ3v) is 4.35. The van der Waals surface area contributed by atoms with Gasteiger partial charge in [-0.2, -0.15) is 0 Å². The molecule has 2 aromatic rings. The number of likely N-dealkylation sites (N-methyl/N-ethyl adjacent to an activating group) is 1. The number of carbonyl (C=O) groups is 2. The zero-order valence-electron chi connectivity index (χ0n) is 14.8. The SMILES string of the molecule is Cc1ccc(OCC(=O)N(C)CC(=O)Nc2c(Cl)cccc2Cl)c(C)c1. The summed E-state index contributed by atoms with van der Waals surface area (Å²) < 4.78 is 5.55. The number of rotatable bonds is 6. The van der Waals surface area contributed by atoms with Crippen LogP contribution in [-0.2, 0) is 9.59 Å². The average Bonchev–Trinajstić information content (AvgIpc) is 2.57. The molecule has 1 N–H and O–H groups in total. The quantitative estimate of drug-likeness (QED) is 0.802. The first kappa shape index (κ1) is 20.1. The van der Waals surface area contributed by atoms with Gasteiger partial charge in [-0.15, -0.1) is 0 Å². The number of hydrogen-bond acceptors (Lipinski definition) is 3. The van der Waals surface area contributed by atoms with Crippen molar-refractivity contribution in [2.75, 3.05) is 25.5 Å². The molecule has 0 unspecified atom stereocenters. The van der Waals surface area contributed by atoms with Gasteiger partial charge in [-0.25, -0.2) is 0 Å². The van der Waals surface area contributed by atoms with Crippen LogP contribution in [0.4, 0.5) is 5.69 Å². The summed E-state index contributed by atoms with van der Waals surface area (Å²) in [6.45, 7) is 3.61. The Morgan fingerprint density at radius 1 is 1.12 bits per heavy atom. The van der Waals surface area contributed by atoms with Gasteiger partial charge >= 0.3 is 0 Å². The van der Waals surface area contributed by atoms with Gasteiger partial charge in [0.05, 0.1) is 22.3 Å². The second-order valence-electron chi connectivity index (χ2n) is 5.95. The van der Waals surface area contributed by atoms with Gasteiger partial charge in [0.25, 0.3) is 5.91 Å². The Morgan fingerprint density at radius 2 is 1.77 bits per heavy atom. The van der Waals surface area contributed by atoms with E-state index >= 15 is 0 Å². The van der Waals surface area contributed by atoms with Crippen molar-refractivity contribution in [3.05, 3.63) is 57.6 Å². The fraction of sp³-hybridized carbons (Fsp3) is 0.263. The fourth-order valence-corrected chi connectivity index (χ4v) is 2.80. The summed E-state index contributed by atoms with van der Waals surface area (Å²) in [5.74, 6) is -0.0719. The van der Waals surface area contributed by atoms with E-state index in [1.807, 2.05) is 32.0 Å². The Hall–Kier alpha value is -2.24. The Labute approximate surface area is 162 Å². The number of carbonyl (C=O) groups excluding carboxylic acids is 2. The summed E-state index contributed by atoms with van der Waals surface area (Å²) in [4.78, 5) is 25.6. The molecular weight excluding hydrogens is 375 g/mol. The molecule has 0 saturated heterocycles. The van der Waals surface area contributed by atoms with E-state index < -0.39 is 5.91 Å². The van der Waals surface area contributed by atoms with Crippen molar-refractivity contribution in [1.82, 2.24) is 4.90 Å². The second kappa shape index (κ2) is 8.92. The number of para-hydroxylation sites is 1. The third kappa shape index (κ3) is 5.38. The number of benzene rings is 2. The molecule has 0 atom stereocenters. The van der Waals surface area contributed by atoms with Crippen molar-refractivity contribution in [3.8, 4) is 5.75 Å². The van der Waals surface area contributed by atoms with Gasteiger partial charge in [-0.05, 0) is 37.6 Å². The number of hydrogen-bond donors (Lipinski definition) is 1. The molecule has 0 aliphatic carbocycles. The lowest BCUT2D eigenvalue weighted by Crippen LogP contribution is -2.37. The molecule has 0 aromatic heterocycles. The van der Waals surface area contributed by atoms with E-state index in [1.54, 1.807) is 18.2 Å². The van der Waals surface area contributed by atoms with Crippen molar-refractivity contribution in [2.45, 2.75) is 13.8 Å². The van der Waals surface area contributed by atoms with Crippen LogP contribution in [0.2, 0.25) is 10.0 Å². The standard InChI is InChI=1S/C19H20Cl2N2O3/c1-12-7-8-16(13(2)9-12)26-11-18(25)23(3)10-17(24)22-19-14(20)5-4-6-15(19)21/h4-9H,10-11H2,1-3H3,(H,22,24). The summed E-state index contributed by atoms with van der Waals surface area (Å²) >= 11 is 12.0. The highest BCUT2D eigenvalue weighted by Crippen LogP contribution is 2.29. The van der Waals surface area contributed by atoms with Crippen LogP contribution in [0.25, 0.3) is 0 Å². The summed E-state index contributed by atoms with van der Waals surface area (Å²) in [6, 6.07) is 10.6. The number of anilines is 1. The van der Waals surface area contributed by atoms with Gasteiger partial charge in [0.1, 0.15) is 5.75 Å². The Bertz CT molecular complexity index is 804. The van der Waals surface area contributed by atoms with E-state index in [-0.39, 0.29) is 19.1 Å². The van der Waals surface area contributed by atoms with Crippen LogP contribution < -0.4 is 10.1 Å². The molecular formula is C19H20Cl2N2O3. The first-order valence-electron chi connectivity index (χ1n) is 7.96. The Kier molecular flexibility index (Phi) is 6.89. The van der Waals surface area contributed by atoms with E-state index in [1.165, 1.54) is 11.9 Å². The van der Waals surface area contributed by atoms with Crippen LogP contribution in [0.1, 0.15) is 11.1 Å². The van der Waals surface area contributed by atoms with E-state index in [4.69, 9.17) is 27.9 Å². The third-order valence-electron chi connectivity index (χ3n) is 3.72. The maximum absolute atomic E-state index is 12.2. The molecule has 0 aliphatic rings. The maximum atomic E-state index is 12.2. The average molecular weight is 395 g/mol. The minimum Gasteiger partial charge on any atom is -0.484 e. The predicted molar refractivity (Wildman–Crippen MR) is 104 cm³/mol. The van der Waals surface area contributed by atoms with Gasteiger partial charge < -0.3 is 15.0 Å². The number of nitrogens with one attached hydrogen (secondary N) is 1. The Morgan fingerprint density at radius 3 is 2.38 bits per heavy atom. The number of ether oxygens (including phenoxy) is 1. The monoisotopic (exact) mass is 394 g/mol. The largest absolute Gasteiger partial charge is 0.484 e. The van der Waals surface area contributed by atoms with E-state index in [0.717, 1.165) is 11.1 Å². The second-order valence-corrected chi connectivity index (χ2v) is 6.77. The molecule has 2 aromatic carbocycles. The highest BCUT2D eigenvalue weighted by atomic mass is 35.5. The lowest BCUT2D eigenvalue weighted by atomic mass is 10.1. The van der Waals surface area contributed by atoms with Crippen LogP contribution in [0.3, 0.4) is 0 Å². The van der Waals surface area contributed by atoms with Gasteiger partial charge in [0.2, 0.25) is 5.91 Å². The Balaban J connectivity index is 1.89. The molecule has 0 radical (unpaired) electrons. The molecule has 0 aliphatic heterocycles. The number of halogens is 2. The molecule has 0 bridgehead atoms. The normalized spacial score (nSPS) is 10.3. The van der Waals surface area contributed by atoms with E-state index in [2.05, 4.69) is 5.32 Å². The smallest absolute Gasteiger partial charge is 0.260 e. The van der Waals surface area contributed by atoms with E-state index in [9.17, 15) is 9.59 Å². The van der Waals surface area contributed by atoms with Gasteiger partial charge in [-0.1, -0.05) is 47.0 Å². The van der Waals surface area contributed by atoms with Crippen molar-refractivity contribution in [3.63, 3.8) is 0 Å². The van der Waals surface area contributed by atoms with Crippen LogP contribution >= 0.6 is 23.2 Å². The molecule has 5 nitrogen and oxygen atoms in total. The number of nitrogens with zero attached hydrogens (tertiary/aromatic N) is 1. The first-order valence-corrected chi connectivity index (χ1v) is 8.71. The highest BCUT2D eigenvalue weighted by Gasteiger charge is 2.16. The molecule has 0 heterocycles. The lowest BCUT2D eigenvalue weighted by molar-refractivity contribution is -0.135. The predicted octanol–water partition coefficient (Wildman–Crippen LogP) is 4.09. The molecule has 138 valence electrons. The summed E-state index contributed by atoms with van der Waals surface area (Å²) in [5, 5.41) is 3.28. The van der Waals surface area contributed by atoms with Crippen LogP contribution in [-0.4, -0.2) is 36.9 Å². The van der Waals surface area contributed by atoms with Gasteiger partial charge in [-0.3, -0.25) is 9.59 Å². The van der Waals surface area contributed by atoms with Gasteiger partial charge in [0.15, 0.2) is 6.61 Å². The number of aryl methyl sites for hydroxylation is 2. The van der Waals surface area contributed by atoms with Crippen molar-refractivity contribution in [1.29, 1.82) is 0 Å². The molecule has 2 amide bonds. The molecule has 0 saturated carbocycles.